The zero-order valence-corrected chi connectivity index (χ0v) is 23.0. The van der Waals surface area contributed by atoms with Crippen LogP contribution in [0.2, 0.25) is 0 Å². The smallest absolute Gasteiger partial charge is 0.193 e. The van der Waals surface area contributed by atoms with Gasteiger partial charge in [0.25, 0.3) is 0 Å². The molecule has 1 aliphatic rings. The van der Waals surface area contributed by atoms with Crippen molar-refractivity contribution in [2.45, 2.75) is 32.3 Å². The Balaban J connectivity index is 1.17. The summed E-state index contributed by atoms with van der Waals surface area (Å²) in [7, 11) is 1.85. The Labute approximate surface area is 235 Å². The monoisotopic (exact) mass is 534 g/mol. The van der Waals surface area contributed by atoms with Gasteiger partial charge in [0.05, 0.1) is 18.4 Å². The Morgan fingerprint density at radius 1 is 0.775 bits per heavy atom. The first-order chi connectivity index (χ1) is 19.4. The Kier molecular flexibility index (Phi) is 8.37. The fraction of sp³-hybridized carbons (Fsp3) is 0.265. The molecule has 40 heavy (non-hydrogen) atoms. The second kappa shape index (κ2) is 12.3. The molecule has 1 aromatic heterocycles. The zero-order chi connectivity index (χ0) is 28.1. The summed E-state index contributed by atoms with van der Waals surface area (Å²) in [5.74, 6) is -0.0170. The van der Waals surface area contributed by atoms with Gasteiger partial charge in [-0.05, 0) is 53.9 Å². The van der Waals surface area contributed by atoms with Crippen molar-refractivity contribution in [1.29, 1.82) is 0 Å². The minimum atomic E-state index is -0.0952. The fourth-order valence-corrected chi connectivity index (χ4v) is 5.09. The van der Waals surface area contributed by atoms with Gasteiger partial charge >= 0.3 is 0 Å². The fourth-order valence-electron chi connectivity index (χ4n) is 5.09. The lowest BCUT2D eigenvalue weighted by Crippen LogP contribution is -2.42. The van der Waals surface area contributed by atoms with Crippen molar-refractivity contribution in [3.63, 3.8) is 0 Å². The highest BCUT2D eigenvalue weighted by molar-refractivity contribution is 6.09. The van der Waals surface area contributed by atoms with Crippen LogP contribution in [0.3, 0.4) is 0 Å². The maximum absolute atomic E-state index is 13.0. The number of benzene rings is 3. The van der Waals surface area contributed by atoms with Gasteiger partial charge in [0.1, 0.15) is 0 Å². The molecule has 0 saturated carbocycles. The van der Waals surface area contributed by atoms with E-state index in [4.69, 9.17) is 4.74 Å². The molecule has 204 valence electrons. The van der Waals surface area contributed by atoms with Gasteiger partial charge in [0.15, 0.2) is 17.3 Å². The van der Waals surface area contributed by atoms with Crippen molar-refractivity contribution < 1.29 is 19.1 Å². The number of morpholine rings is 1. The molecule has 1 atom stereocenters. The molecule has 5 rings (SSSR count). The lowest BCUT2D eigenvalue weighted by Gasteiger charge is -2.34. The molecule has 0 N–H and O–H groups in total. The Hall–Kier alpha value is -4.29. The van der Waals surface area contributed by atoms with Crippen molar-refractivity contribution in [1.82, 2.24) is 4.57 Å². The maximum atomic E-state index is 13.0. The summed E-state index contributed by atoms with van der Waals surface area (Å²) in [5, 5.41) is 0. The molecule has 2 heterocycles. The summed E-state index contributed by atoms with van der Waals surface area (Å²) in [4.78, 5) is 40.8. The third-order valence-corrected chi connectivity index (χ3v) is 7.54. The topological polar surface area (TPSA) is 68.6 Å². The van der Waals surface area contributed by atoms with Crippen molar-refractivity contribution in [3.8, 4) is 0 Å². The average molecular weight is 535 g/mol. The summed E-state index contributed by atoms with van der Waals surface area (Å²) in [6, 6.07) is 25.8. The van der Waals surface area contributed by atoms with Crippen LogP contribution < -0.4 is 4.90 Å². The number of aromatic nitrogens is 1. The van der Waals surface area contributed by atoms with E-state index >= 15 is 0 Å². The third-order valence-electron chi connectivity index (χ3n) is 7.54. The minimum Gasteiger partial charge on any atom is -0.375 e. The standard InChI is InChI=1S/C34H34N2O4/c1-3-30-23-36(19-20-40-30)29-16-14-26(15-17-29)32(37)21-24-6-10-27(11-7-24)34(39)28-12-8-25(9-13-28)22-33(38)31-5-4-18-35(31)2/h4-18,30H,3,19-23H2,1-2H3. The van der Waals surface area contributed by atoms with E-state index in [2.05, 4.69) is 11.8 Å². The van der Waals surface area contributed by atoms with Crippen molar-refractivity contribution in [3.05, 3.63) is 125 Å². The molecule has 0 spiro atoms. The van der Waals surface area contributed by atoms with Crippen molar-refractivity contribution >= 4 is 23.0 Å². The Bertz CT molecular complexity index is 1480. The van der Waals surface area contributed by atoms with Gasteiger partial charge in [-0.1, -0.05) is 55.5 Å². The number of carbonyl (C=O) groups excluding carboxylic acids is 3. The first-order valence-electron chi connectivity index (χ1n) is 13.8. The number of nitrogens with zero attached hydrogens (tertiary/aromatic N) is 2. The number of anilines is 1. The molecular formula is C34H34N2O4. The highest BCUT2D eigenvalue weighted by Crippen LogP contribution is 2.21. The lowest BCUT2D eigenvalue weighted by atomic mass is 9.97. The molecule has 1 unspecified atom stereocenters. The number of carbonyl (C=O) groups is 3. The summed E-state index contributed by atoms with van der Waals surface area (Å²) >= 11 is 0. The van der Waals surface area contributed by atoms with E-state index in [1.54, 1.807) is 34.9 Å². The molecule has 1 fully saturated rings. The molecule has 4 aromatic rings. The molecule has 6 heteroatoms. The van der Waals surface area contributed by atoms with Crippen molar-refractivity contribution in [2.75, 3.05) is 24.6 Å². The Morgan fingerprint density at radius 2 is 1.35 bits per heavy atom. The minimum absolute atomic E-state index is 0.0369. The molecule has 3 aromatic carbocycles. The summed E-state index contributed by atoms with van der Waals surface area (Å²) in [6.45, 7) is 4.58. The quantitative estimate of drug-likeness (QED) is 0.243. The molecule has 0 radical (unpaired) electrons. The van der Waals surface area contributed by atoms with E-state index in [0.717, 1.165) is 42.9 Å². The van der Waals surface area contributed by atoms with E-state index < -0.39 is 0 Å². The number of hydrogen-bond donors (Lipinski definition) is 0. The molecular weight excluding hydrogens is 500 g/mol. The first kappa shape index (κ1) is 27.3. The van der Waals surface area contributed by atoms with E-state index in [1.165, 1.54) is 0 Å². The summed E-state index contributed by atoms with van der Waals surface area (Å²) < 4.78 is 7.57. The summed E-state index contributed by atoms with van der Waals surface area (Å²) in [5.41, 5.74) is 5.29. The first-order valence-corrected chi connectivity index (χ1v) is 13.8. The number of ether oxygens (including phenoxy) is 1. The van der Waals surface area contributed by atoms with Crippen LogP contribution in [0.4, 0.5) is 5.69 Å². The van der Waals surface area contributed by atoms with E-state index in [1.807, 2.05) is 67.8 Å². The van der Waals surface area contributed by atoms with Crippen LogP contribution in [0.5, 0.6) is 0 Å². The van der Waals surface area contributed by atoms with Gasteiger partial charge in [0, 0.05) is 61.6 Å². The number of rotatable bonds is 10. The predicted molar refractivity (Wildman–Crippen MR) is 156 cm³/mol. The normalized spacial score (nSPS) is 15.2. The highest BCUT2D eigenvalue weighted by atomic mass is 16.5. The molecule has 1 aliphatic heterocycles. The molecule has 0 bridgehead atoms. The Morgan fingerprint density at radius 3 is 1.90 bits per heavy atom. The second-order valence-corrected chi connectivity index (χ2v) is 10.3. The SMILES string of the molecule is CCC1CN(c2ccc(C(=O)Cc3ccc(C(=O)c4ccc(CC(=O)c5cccn5C)cc4)cc3)cc2)CCO1. The average Bonchev–Trinajstić information content (AvgIpc) is 3.43. The molecule has 1 saturated heterocycles. The van der Waals surface area contributed by atoms with Gasteiger partial charge in [-0.3, -0.25) is 14.4 Å². The van der Waals surface area contributed by atoms with Gasteiger partial charge in [-0.15, -0.1) is 0 Å². The van der Waals surface area contributed by atoms with Gasteiger partial charge < -0.3 is 14.2 Å². The van der Waals surface area contributed by atoms with Crippen LogP contribution in [0, 0.1) is 0 Å². The van der Waals surface area contributed by atoms with Gasteiger partial charge in [-0.25, -0.2) is 0 Å². The zero-order valence-electron chi connectivity index (χ0n) is 23.0. The van der Waals surface area contributed by atoms with Crippen LogP contribution in [0.25, 0.3) is 0 Å². The molecule has 0 aliphatic carbocycles. The number of Topliss-reactive ketones (excluding diaryl/α,β-unsaturated/α-hetero) is 2. The largest absolute Gasteiger partial charge is 0.375 e. The van der Waals surface area contributed by atoms with Crippen LogP contribution in [0.15, 0.2) is 91.1 Å². The number of ketones is 3. The van der Waals surface area contributed by atoms with Crippen LogP contribution in [-0.2, 0) is 24.6 Å². The van der Waals surface area contributed by atoms with Crippen LogP contribution in [-0.4, -0.2) is 47.7 Å². The molecule has 6 nitrogen and oxygen atoms in total. The lowest BCUT2D eigenvalue weighted by molar-refractivity contribution is 0.0384. The highest BCUT2D eigenvalue weighted by Gasteiger charge is 2.19. The van der Waals surface area contributed by atoms with Gasteiger partial charge in [-0.2, -0.15) is 0 Å². The number of hydrogen-bond acceptors (Lipinski definition) is 5. The van der Waals surface area contributed by atoms with E-state index in [-0.39, 0.29) is 36.3 Å². The van der Waals surface area contributed by atoms with Crippen LogP contribution >= 0.6 is 0 Å². The van der Waals surface area contributed by atoms with Crippen LogP contribution in [0.1, 0.15) is 61.2 Å². The predicted octanol–water partition coefficient (Wildman–Crippen LogP) is 5.72. The maximum Gasteiger partial charge on any atom is 0.193 e. The van der Waals surface area contributed by atoms with E-state index in [9.17, 15) is 14.4 Å². The second-order valence-electron chi connectivity index (χ2n) is 10.3. The molecule has 0 amide bonds. The third kappa shape index (κ3) is 6.29. The summed E-state index contributed by atoms with van der Waals surface area (Å²) in [6.07, 6.45) is 3.64. The van der Waals surface area contributed by atoms with E-state index in [0.29, 0.717) is 22.4 Å². The number of aryl methyl sites for hydroxylation is 1. The van der Waals surface area contributed by atoms with Gasteiger partial charge in [0.2, 0.25) is 0 Å². The van der Waals surface area contributed by atoms with Crippen molar-refractivity contribution in [2.24, 2.45) is 7.05 Å².